The van der Waals surface area contributed by atoms with Gasteiger partial charge < -0.3 is 0 Å². The topological polar surface area (TPSA) is 37.8 Å². The minimum Gasteiger partial charge on any atom is -0.291 e. The number of thiophene rings is 1. The van der Waals surface area contributed by atoms with Crippen LogP contribution in [0.15, 0.2) is 52.6 Å². The van der Waals surface area contributed by atoms with Crippen LogP contribution in [-0.4, -0.2) is 9.78 Å². The SMILES string of the molecule is C=c1[nH]n(-c2ccccc2)c(=O)c1=Cc1cccs1. The quantitative estimate of drug-likeness (QED) is 0.751. The van der Waals surface area contributed by atoms with Crippen molar-refractivity contribution in [1.29, 1.82) is 0 Å². The summed E-state index contributed by atoms with van der Waals surface area (Å²) in [7, 11) is 0. The number of para-hydroxylation sites is 1. The van der Waals surface area contributed by atoms with Gasteiger partial charge in [-0.05, 0) is 29.7 Å². The van der Waals surface area contributed by atoms with Gasteiger partial charge in [-0.2, -0.15) is 0 Å². The van der Waals surface area contributed by atoms with Gasteiger partial charge in [0.15, 0.2) is 0 Å². The lowest BCUT2D eigenvalue weighted by molar-refractivity contribution is 0.838. The van der Waals surface area contributed by atoms with Crippen LogP contribution in [0.25, 0.3) is 18.3 Å². The van der Waals surface area contributed by atoms with Crippen LogP contribution in [0.4, 0.5) is 0 Å². The van der Waals surface area contributed by atoms with Gasteiger partial charge in [-0.3, -0.25) is 9.89 Å². The smallest absolute Gasteiger partial charge is 0.279 e. The maximum atomic E-state index is 12.4. The van der Waals surface area contributed by atoms with Gasteiger partial charge >= 0.3 is 0 Å². The number of hydrogen-bond acceptors (Lipinski definition) is 2. The van der Waals surface area contributed by atoms with E-state index in [0.717, 1.165) is 10.6 Å². The summed E-state index contributed by atoms with van der Waals surface area (Å²) < 4.78 is 1.52. The molecule has 1 aromatic carbocycles. The fourth-order valence-electron chi connectivity index (χ4n) is 1.92. The van der Waals surface area contributed by atoms with Crippen molar-refractivity contribution in [3.63, 3.8) is 0 Å². The summed E-state index contributed by atoms with van der Waals surface area (Å²) in [6.45, 7) is 3.91. The van der Waals surface area contributed by atoms with Gasteiger partial charge in [0.1, 0.15) is 0 Å². The number of nitrogens with one attached hydrogen (secondary N) is 1. The summed E-state index contributed by atoms with van der Waals surface area (Å²) in [6.07, 6.45) is 1.87. The van der Waals surface area contributed by atoms with Crippen LogP contribution < -0.4 is 16.1 Å². The van der Waals surface area contributed by atoms with E-state index < -0.39 is 0 Å². The molecule has 19 heavy (non-hydrogen) atoms. The van der Waals surface area contributed by atoms with Gasteiger partial charge in [0, 0.05) is 4.88 Å². The van der Waals surface area contributed by atoms with E-state index in [2.05, 4.69) is 11.7 Å². The molecular weight excluding hydrogens is 256 g/mol. The number of hydrogen-bond donors (Lipinski definition) is 1. The Labute approximate surface area is 113 Å². The fraction of sp³-hybridized carbons (Fsp3) is 0. The zero-order chi connectivity index (χ0) is 13.2. The van der Waals surface area contributed by atoms with Crippen molar-refractivity contribution in [3.8, 4) is 5.69 Å². The second-order valence-corrected chi connectivity index (χ2v) is 5.12. The largest absolute Gasteiger partial charge is 0.291 e. The van der Waals surface area contributed by atoms with Gasteiger partial charge in [-0.15, -0.1) is 11.3 Å². The first-order valence-corrected chi connectivity index (χ1v) is 6.74. The highest BCUT2D eigenvalue weighted by Gasteiger charge is 2.03. The summed E-state index contributed by atoms with van der Waals surface area (Å²) in [4.78, 5) is 13.4. The number of benzene rings is 1. The molecule has 4 heteroatoms. The molecule has 0 atom stereocenters. The van der Waals surface area contributed by atoms with Crippen LogP contribution in [0.2, 0.25) is 0 Å². The van der Waals surface area contributed by atoms with Crippen molar-refractivity contribution in [2.75, 3.05) is 0 Å². The molecule has 3 nitrogen and oxygen atoms in total. The molecule has 3 aromatic rings. The summed E-state index contributed by atoms with van der Waals surface area (Å²) >= 11 is 1.59. The lowest BCUT2D eigenvalue weighted by atomic mass is 10.3. The summed E-state index contributed by atoms with van der Waals surface area (Å²) in [5.74, 6) is 0. The summed E-state index contributed by atoms with van der Waals surface area (Å²) in [5.41, 5.74) is 0.729. The van der Waals surface area contributed by atoms with Crippen molar-refractivity contribution in [3.05, 3.63) is 73.6 Å². The summed E-state index contributed by atoms with van der Waals surface area (Å²) in [6, 6.07) is 13.4. The highest BCUT2D eigenvalue weighted by atomic mass is 32.1. The van der Waals surface area contributed by atoms with Crippen molar-refractivity contribution in [1.82, 2.24) is 9.78 Å². The van der Waals surface area contributed by atoms with Crippen molar-refractivity contribution >= 4 is 24.0 Å². The second-order valence-electron chi connectivity index (χ2n) is 4.14. The van der Waals surface area contributed by atoms with Gasteiger partial charge in [0.25, 0.3) is 5.56 Å². The van der Waals surface area contributed by atoms with E-state index in [9.17, 15) is 4.79 Å². The van der Waals surface area contributed by atoms with Crippen molar-refractivity contribution in [2.24, 2.45) is 0 Å². The van der Waals surface area contributed by atoms with Crippen molar-refractivity contribution in [2.45, 2.75) is 0 Å². The highest BCUT2D eigenvalue weighted by Crippen LogP contribution is 2.07. The molecule has 1 N–H and O–H groups in total. The van der Waals surface area contributed by atoms with Crippen LogP contribution in [0, 0.1) is 0 Å². The average molecular weight is 268 g/mol. The van der Waals surface area contributed by atoms with Crippen LogP contribution in [0.3, 0.4) is 0 Å². The fourth-order valence-corrected chi connectivity index (χ4v) is 2.58. The zero-order valence-corrected chi connectivity index (χ0v) is 11.0. The Hall–Kier alpha value is -2.33. The molecule has 0 radical (unpaired) electrons. The number of aromatic amines is 1. The molecule has 0 spiro atoms. The Morgan fingerprint density at radius 1 is 1.16 bits per heavy atom. The standard InChI is InChI=1S/C15H12N2OS/c1-11-14(10-13-8-5-9-19-13)15(18)17(16-11)12-6-3-2-4-7-12/h2-10,16H,1H2. The normalized spacial score (nSPS) is 11.9. The van der Waals surface area contributed by atoms with Crippen molar-refractivity contribution < 1.29 is 0 Å². The predicted octanol–water partition coefficient (Wildman–Crippen LogP) is 1.47. The molecule has 94 valence electrons. The minimum atomic E-state index is -0.0791. The Kier molecular flexibility index (Phi) is 2.93. The molecule has 0 bridgehead atoms. The maximum absolute atomic E-state index is 12.4. The molecule has 3 rings (SSSR count). The monoisotopic (exact) mass is 268 g/mol. The lowest BCUT2D eigenvalue weighted by Crippen LogP contribution is -2.33. The number of aromatic nitrogens is 2. The Morgan fingerprint density at radius 3 is 2.63 bits per heavy atom. The molecule has 0 aliphatic rings. The van der Waals surface area contributed by atoms with E-state index in [4.69, 9.17) is 0 Å². The average Bonchev–Trinajstić information content (AvgIpc) is 3.03. The Balaban J connectivity index is 2.23. The van der Waals surface area contributed by atoms with Gasteiger partial charge in [0.2, 0.25) is 0 Å². The molecule has 0 saturated heterocycles. The van der Waals surface area contributed by atoms with Crippen LogP contribution in [-0.2, 0) is 0 Å². The second kappa shape index (κ2) is 4.74. The minimum absolute atomic E-state index is 0.0791. The molecule has 0 aliphatic carbocycles. The lowest BCUT2D eigenvalue weighted by Gasteiger charge is -1.98. The van der Waals surface area contributed by atoms with Gasteiger partial charge in [-0.1, -0.05) is 30.8 Å². The van der Waals surface area contributed by atoms with E-state index in [1.165, 1.54) is 4.68 Å². The maximum Gasteiger partial charge on any atom is 0.279 e. The third kappa shape index (κ3) is 2.18. The molecule has 2 aromatic heterocycles. The first kappa shape index (κ1) is 11.7. The molecule has 0 fully saturated rings. The number of H-pyrrole nitrogens is 1. The highest BCUT2D eigenvalue weighted by molar-refractivity contribution is 7.10. The third-order valence-corrected chi connectivity index (χ3v) is 3.67. The molecule has 0 unspecified atom stereocenters. The van der Waals surface area contributed by atoms with Gasteiger partial charge in [-0.25, -0.2) is 4.68 Å². The predicted molar refractivity (Wildman–Crippen MR) is 79.0 cm³/mol. The summed E-state index contributed by atoms with van der Waals surface area (Å²) in [5, 5.41) is 6.22. The number of nitrogens with zero attached hydrogens (tertiary/aromatic N) is 1. The molecule has 0 aliphatic heterocycles. The van der Waals surface area contributed by atoms with E-state index in [1.807, 2.05) is 53.9 Å². The molecule has 0 saturated carbocycles. The zero-order valence-electron chi connectivity index (χ0n) is 10.2. The molecule has 2 heterocycles. The Morgan fingerprint density at radius 2 is 1.95 bits per heavy atom. The Bertz CT molecular complexity index is 842. The van der Waals surface area contributed by atoms with E-state index in [-0.39, 0.29) is 5.56 Å². The van der Waals surface area contributed by atoms with Gasteiger partial charge in [0.05, 0.1) is 16.3 Å². The van der Waals surface area contributed by atoms with E-state index in [1.54, 1.807) is 11.3 Å². The third-order valence-electron chi connectivity index (χ3n) is 2.85. The first-order valence-electron chi connectivity index (χ1n) is 5.86. The van der Waals surface area contributed by atoms with Crippen LogP contribution in [0.5, 0.6) is 0 Å². The van der Waals surface area contributed by atoms with E-state index in [0.29, 0.717) is 10.6 Å². The van der Waals surface area contributed by atoms with Crippen LogP contribution >= 0.6 is 11.3 Å². The molecule has 0 amide bonds. The van der Waals surface area contributed by atoms with E-state index >= 15 is 0 Å². The molecular formula is C15H12N2OS. The van der Waals surface area contributed by atoms with Crippen LogP contribution in [0.1, 0.15) is 4.88 Å². The first-order chi connectivity index (χ1) is 9.25. The number of rotatable bonds is 2.